The Balaban J connectivity index is 3.15. The van der Waals surface area contributed by atoms with Crippen LogP contribution in [-0.2, 0) is 19.2 Å². The predicted octanol–water partition coefficient (Wildman–Crippen LogP) is 0.508. The van der Waals surface area contributed by atoms with Crippen LogP contribution < -0.4 is 21.3 Å². The molecule has 0 spiro atoms. The number of hydrogen-bond acceptors (Lipinski definition) is 6. The Morgan fingerprint density at radius 2 is 1.60 bits per heavy atom. The molecule has 0 unspecified atom stereocenters. The third kappa shape index (κ3) is 7.34. The molecule has 1 aromatic heterocycles. The molecular formula is C19H25N5O6. The minimum absolute atomic E-state index is 0.0119. The molecule has 0 saturated heterocycles. The van der Waals surface area contributed by atoms with Crippen LogP contribution in [0.4, 0.5) is 11.6 Å². The van der Waals surface area contributed by atoms with Gasteiger partial charge in [-0.05, 0) is 31.1 Å². The zero-order chi connectivity index (χ0) is 23.0. The summed E-state index contributed by atoms with van der Waals surface area (Å²) in [4.78, 5) is 63.0. The highest BCUT2D eigenvalue weighted by atomic mass is 16.4. The van der Waals surface area contributed by atoms with E-state index in [2.05, 4.69) is 32.8 Å². The Morgan fingerprint density at radius 3 is 2.07 bits per heavy atom. The zero-order valence-electron chi connectivity index (χ0n) is 17.1. The molecule has 2 atom stereocenters. The average Bonchev–Trinajstić information content (AvgIpc) is 2.64. The standard InChI is InChI=1S/C19H25N5O6/c1-6-15(26)23-14-8-12(7-13(22-14)21-11(5)25)17(27)24-16(9(2)3)18(28)20-10(4)19(29)30/h6-10,16H,1H2,2-5H3,(H,20,28)(H,24,27)(H,29,30)(H2,21,22,23,25,26)/t10-,16-/m0/s1. The Kier molecular flexibility index (Phi) is 8.65. The lowest BCUT2D eigenvalue weighted by Crippen LogP contribution is -2.53. The maximum Gasteiger partial charge on any atom is 0.325 e. The van der Waals surface area contributed by atoms with Crippen molar-refractivity contribution in [1.82, 2.24) is 15.6 Å². The Labute approximate surface area is 173 Å². The lowest BCUT2D eigenvalue weighted by atomic mass is 10.0. The van der Waals surface area contributed by atoms with Crippen LogP contribution in [0.3, 0.4) is 0 Å². The molecule has 0 saturated carbocycles. The third-order valence-corrected chi connectivity index (χ3v) is 3.79. The second-order valence-corrected chi connectivity index (χ2v) is 6.76. The average molecular weight is 419 g/mol. The van der Waals surface area contributed by atoms with Gasteiger partial charge < -0.3 is 26.4 Å². The summed E-state index contributed by atoms with van der Waals surface area (Å²) in [5.41, 5.74) is 0.0119. The monoisotopic (exact) mass is 419 g/mol. The molecule has 5 N–H and O–H groups in total. The molecule has 0 aliphatic heterocycles. The topological polar surface area (TPSA) is 167 Å². The fourth-order valence-electron chi connectivity index (χ4n) is 2.27. The Hall–Kier alpha value is -3.76. The second-order valence-electron chi connectivity index (χ2n) is 6.76. The van der Waals surface area contributed by atoms with Gasteiger partial charge in [-0.2, -0.15) is 0 Å². The smallest absolute Gasteiger partial charge is 0.325 e. The summed E-state index contributed by atoms with van der Waals surface area (Å²) in [6.45, 7) is 9.24. The molecule has 11 nitrogen and oxygen atoms in total. The maximum absolute atomic E-state index is 12.7. The number of rotatable bonds is 9. The van der Waals surface area contributed by atoms with Gasteiger partial charge in [-0.25, -0.2) is 4.98 Å². The molecule has 11 heteroatoms. The van der Waals surface area contributed by atoms with Gasteiger partial charge in [0.25, 0.3) is 5.91 Å². The molecule has 0 aliphatic carbocycles. The summed E-state index contributed by atoms with van der Waals surface area (Å²) < 4.78 is 0. The van der Waals surface area contributed by atoms with Gasteiger partial charge in [0, 0.05) is 12.5 Å². The minimum Gasteiger partial charge on any atom is -0.480 e. The number of anilines is 2. The van der Waals surface area contributed by atoms with E-state index >= 15 is 0 Å². The largest absolute Gasteiger partial charge is 0.480 e. The zero-order valence-corrected chi connectivity index (χ0v) is 17.1. The van der Waals surface area contributed by atoms with Crippen molar-refractivity contribution in [3.05, 3.63) is 30.4 Å². The molecule has 1 heterocycles. The number of hydrogen-bond donors (Lipinski definition) is 5. The van der Waals surface area contributed by atoms with Crippen molar-refractivity contribution in [1.29, 1.82) is 0 Å². The van der Waals surface area contributed by atoms with Gasteiger partial charge in [0.2, 0.25) is 17.7 Å². The van der Waals surface area contributed by atoms with E-state index in [4.69, 9.17) is 5.11 Å². The third-order valence-electron chi connectivity index (χ3n) is 3.79. The van der Waals surface area contributed by atoms with E-state index in [1.165, 1.54) is 26.0 Å². The fourth-order valence-corrected chi connectivity index (χ4v) is 2.27. The Bertz CT molecular complexity index is 867. The molecule has 0 bridgehead atoms. The molecule has 1 rings (SSSR count). The predicted molar refractivity (Wildman–Crippen MR) is 109 cm³/mol. The summed E-state index contributed by atoms with van der Waals surface area (Å²) in [6, 6.07) is 0.374. The molecule has 0 aliphatic rings. The van der Waals surface area contributed by atoms with Crippen molar-refractivity contribution < 1.29 is 29.1 Å². The highest BCUT2D eigenvalue weighted by Gasteiger charge is 2.27. The second kappa shape index (κ2) is 10.7. The van der Waals surface area contributed by atoms with Crippen molar-refractivity contribution in [2.75, 3.05) is 10.6 Å². The summed E-state index contributed by atoms with van der Waals surface area (Å²) in [5.74, 6) is -3.93. The van der Waals surface area contributed by atoms with Crippen molar-refractivity contribution in [2.24, 2.45) is 5.92 Å². The maximum atomic E-state index is 12.7. The summed E-state index contributed by atoms with van der Waals surface area (Å²) in [5, 5.41) is 18.6. The number of pyridine rings is 1. The van der Waals surface area contributed by atoms with Crippen LogP contribution in [0.2, 0.25) is 0 Å². The molecule has 30 heavy (non-hydrogen) atoms. The van der Waals surface area contributed by atoms with Gasteiger partial charge in [0.05, 0.1) is 0 Å². The number of nitrogens with zero attached hydrogens (tertiary/aromatic N) is 1. The lowest BCUT2D eigenvalue weighted by molar-refractivity contribution is -0.141. The number of carboxylic acids is 1. The van der Waals surface area contributed by atoms with Gasteiger partial charge in [-0.3, -0.25) is 24.0 Å². The lowest BCUT2D eigenvalue weighted by Gasteiger charge is -2.23. The van der Waals surface area contributed by atoms with Crippen molar-refractivity contribution in [3.63, 3.8) is 0 Å². The highest BCUT2D eigenvalue weighted by molar-refractivity contribution is 6.02. The fraction of sp³-hybridized carbons (Fsp3) is 0.368. The van der Waals surface area contributed by atoms with Crippen LogP contribution in [0, 0.1) is 5.92 Å². The number of amides is 4. The molecule has 0 aromatic carbocycles. The van der Waals surface area contributed by atoms with E-state index in [1.54, 1.807) is 13.8 Å². The molecule has 4 amide bonds. The van der Waals surface area contributed by atoms with E-state index in [9.17, 15) is 24.0 Å². The van der Waals surface area contributed by atoms with Crippen molar-refractivity contribution in [2.45, 2.75) is 39.8 Å². The van der Waals surface area contributed by atoms with E-state index in [-0.39, 0.29) is 23.1 Å². The van der Waals surface area contributed by atoms with Gasteiger partial charge in [0.1, 0.15) is 23.7 Å². The van der Waals surface area contributed by atoms with E-state index in [0.717, 1.165) is 6.08 Å². The summed E-state index contributed by atoms with van der Waals surface area (Å²) in [6.07, 6.45) is 1.01. The van der Waals surface area contributed by atoms with Gasteiger partial charge in [-0.1, -0.05) is 20.4 Å². The van der Waals surface area contributed by atoms with Crippen LogP contribution in [0.1, 0.15) is 38.1 Å². The first-order valence-electron chi connectivity index (χ1n) is 9.01. The quantitative estimate of drug-likeness (QED) is 0.363. The number of carbonyl (C=O) groups excluding carboxylic acids is 4. The minimum atomic E-state index is -1.21. The first-order valence-corrected chi connectivity index (χ1v) is 9.01. The number of nitrogens with one attached hydrogen (secondary N) is 4. The first-order chi connectivity index (χ1) is 13.9. The Morgan fingerprint density at radius 1 is 1.03 bits per heavy atom. The van der Waals surface area contributed by atoms with E-state index in [0.29, 0.717) is 0 Å². The molecule has 1 aromatic rings. The number of carboxylic acid groups (broad SMARTS) is 1. The molecular weight excluding hydrogens is 394 g/mol. The van der Waals surface area contributed by atoms with Gasteiger partial charge >= 0.3 is 5.97 Å². The van der Waals surface area contributed by atoms with Crippen molar-refractivity contribution >= 4 is 41.2 Å². The molecule has 0 fully saturated rings. The number of carbonyl (C=O) groups is 5. The van der Waals surface area contributed by atoms with Crippen LogP contribution in [-0.4, -0.2) is 51.8 Å². The molecule has 0 radical (unpaired) electrons. The van der Waals surface area contributed by atoms with Crippen LogP contribution in [0.25, 0.3) is 0 Å². The van der Waals surface area contributed by atoms with Crippen LogP contribution in [0.5, 0.6) is 0 Å². The number of aliphatic carboxylic acids is 1. The summed E-state index contributed by atoms with van der Waals surface area (Å²) in [7, 11) is 0. The van der Waals surface area contributed by atoms with Gasteiger partial charge in [0.15, 0.2) is 0 Å². The summed E-state index contributed by atoms with van der Waals surface area (Å²) >= 11 is 0. The molecule has 162 valence electrons. The number of aromatic nitrogens is 1. The van der Waals surface area contributed by atoms with Crippen LogP contribution in [0.15, 0.2) is 24.8 Å². The van der Waals surface area contributed by atoms with Crippen LogP contribution >= 0.6 is 0 Å². The SMILES string of the molecule is C=CC(=O)Nc1cc(C(=O)N[C@H](C(=O)N[C@@H](C)C(=O)O)C(C)C)cc(NC(C)=O)n1. The van der Waals surface area contributed by atoms with E-state index < -0.39 is 41.7 Å². The normalized spacial score (nSPS) is 12.3. The van der Waals surface area contributed by atoms with Gasteiger partial charge in [-0.15, -0.1) is 0 Å². The van der Waals surface area contributed by atoms with Crippen molar-refractivity contribution in [3.8, 4) is 0 Å². The van der Waals surface area contributed by atoms with E-state index in [1.807, 2.05) is 0 Å². The first kappa shape index (κ1) is 24.3. The highest BCUT2D eigenvalue weighted by Crippen LogP contribution is 2.16.